The Morgan fingerprint density at radius 2 is 1.66 bits per heavy atom. The van der Waals surface area contributed by atoms with E-state index in [0.717, 1.165) is 57.5 Å². The number of carbonyl (C=O) groups excluding carboxylic acids is 1. The number of rotatable bonds is 5. The van der Waals surface area contributed by atoms with Crippen molar-refractivity contribution >= 4 is 29.4 Å². The van der Waals surface area contributed by atoms with Crippen LogP contribution in [-0.2, 0) is 22.6 Å². The molecule has 2 saturated heterocycles. The third kappa shape index (κ3) is 4.23. The number of thioether (sulfide) groups is 2. The summed E-state index contributed by atoms with van der Waals surface area (Å²) in [6.07, 6.45) is 4.86. The highest BCUT2D eigenvalue weighted by molar-refractivity contribution is 8.21. The molecule has 29 heavy (non-hydrogen) atoms. The Morgan fingerprint density at radius 3 is 2.31 bits per heavy atom. The summed E-state index contributed by atoms with van der Waals surface area (Å²) in [5, 5.41) is 3.24. The predicted molar refractivity (Wildman–Crippen MR) is 121 cm³/mol. The van der Waals surface area contributed by atoms with Crippen molar-refractivity contribution < 1.29 is 9.53 Å². The van der Waals surface area contributed by atoms with E-state index in [2.05, 4.69) is 58.0 Å². The molecule has 6 heteroatoms. The summed E-state index contributed by atoms with van der Waals surface area (Å²) < 4.78 is 5.89. The standard InChI is InChI=1S/C23H32N2O2S2/c26-22(19-13-20-5-6-21(14-19)23(20)28-11-12-29-23)24-15-17-1-3-18(4-2-17)16-25-7-9-27-10-8-25/h1-4,19-21H,5-16H2,(H,24,26)/t19?,20-,21+. The molecular weight excluding hydrogens is 400 g/mol. The summed E-state index contributed by atoms with van der Waals surface area (Å²) in [4.78, 5) is 15.3. The zero-order valence-corrected chi connectivity index (χ0v) is 18.7. The number of amides is 1. The molecule has 1 spiro atoms. The highest BCUT2D eigenvalue weighted by Crippen LogP contribution is 2.65. The Morgan fingerprint density at radius 1 is 1.03 bits per heavy atom. The lowest BCUT2D eigenvalue weighted by Crippen LogP contribution is -2.42. The van der Waals surface area contributed by atoms with E-state index in [0.29, 0.717) is 10.6 Å². The van der Waals surface area contributed by atoms with Crippen LogP contribution in [0.2, 0.25) is 0 Å². The third-order valence-corrected chi connectivity index (χ3v) is 11.3. The highest BCUT2D eigenvalue weighted by atomic mass is 32.2. The van der Waals surface area contributed by atoms with Gasteiger partial charge in [0.05, 0.1) is 17.3 Å². The Kier molecular flexibility index (Phi) is 6.15. The van der Waals surface area contributed by atoms with Gasteiger partial charge < -0.3 is 10.1 Å². The van der Waals surface area contributed by atoms with Crippen LogP contribution in [0.1, 0.15) is 36.8 Å². The van der Waals surface area contributed by atoms with E-state index in [4.69, 9.17) is 4.74 Å². The molecule has 2 aliphatic carbocycles. The number of benzene rings is 1. The first-order valence-corrected chi connectivity index (χ1v) is 13.1. The van der Waals surface area contributed by atoms with Gasteiger partial charge in [-0.3, -0.25) is 9.69 Å². The van der Waals surface area contributed by atoms with Crippen molar-refractivity contribution in [3.05, 3.63) is 35.4 Å². The van der Waals surface area contributed by atoms with Crippen molar-refractivity contribution in [2.45, 2.75) is 42.9 Å². The normalized spacial score (nSPS) is 31.2. The van der Waals surface area contributed by atoms with Gasteiger partial charge in [-0.15, -0.1) is 23.5 Å². The second-order valence-electron chi connectivity index (χ2n) is 8.98. The molecule has 2 bridgehead atoms. The number of hydrogen-bond donors (Lipinski definition) is 1. The molecule has 158 valence electrons. The maximum atomic E-state index is 12.9. The number of hydrogen-bond acceptors (Lipinski definition) is 5. The lowest BCUT2D eigenvalue weighted by atomic mass is 9.79. The summed E-state index contributed by atoms with van der Waals surface area (Å²) in [6.45, 7) is 5.34. The van der Waals surface area contributed by atoms with Crippen molar-refractivity contribution in [1.82, 2.24) is 10.2 Å². The molecule has 2 saturated carbocycles. The molecule has 1 aromatic carbocycles. The van der Waals surface area contributed by atoms with Gasteiger partial charge in [0, 0.05) is 43.6 Å². The molecule has 0 aromatic heterocycles. The second-order valence-corrected chi connectivity index (χ2v) is 12.0. The molecule has 1 aromatic rings. The summed E-state index contributed by atoms with van der Waals surface area (Å²) in [6, 6.07) is 8.75. The average molecular weight is 433 g/mol. The van der Waals surface area contributed by atoms with Gasteiger partial charge in [0.25, 0.3) is 0 Å². The molecule has 4 nitrogen and oxygen atoms in total. The zero-order chi connectivity index (χ0) is 19.7. The van der Waals surface area contributed by atoms with Crippen LogP contribution in [0, 0.1) is 17.8 Å². The first-order chi connectivity index (χ1) is 14.2. The summed E-state index contributed by atoms with van der Waals surface area (Å²) >= 11 is 4.41. The first kappa shape index (κ1) is 20.2. The van der Waals surface area contributed by atoms with Crippen molar-refractivity contribution in [3.63, 3.8) is 0 Å². The van der Waals surface area contributed by atoms with Crippen LogP contribution in [0.25, 0.3) is 0 Å². The van der Waals surface area contributed by atoms with Gasteiger partial charge in [0.15, 0.2) is 0 Å². The van der Waals surface area contributed by atoms with E-state index in [1.165, 1.54) is 35.5 Å². The van der Waals surface area contributed by atoms with E-state index >= 15 is 0 Å². The van der Waals surface area contributed by atoms with E-state index in [9.17, 15) is 4.79 Å². The van der Waals surface area contributed by atoms with Crippen LogP contribution in [-0.4, -0.2) is 52.7 Å². The minimum absolute atomic E-state index is 0.223. The summed E-state index contributed by atoms with van der Waals surface area (Å²) in [5.74, 6) is 4.59. The van der Waals surface area contributed by atoms with Gasteiger partial charge in [0.1, 0.15) is 0 Å². The Balaban J connectivity index is 1.11. The average Bonchev–Trinajstić information content (AvgIpc) is 3.29. The molecule has 1 N–H and O–H groups in total. The van der Waals surface area contributed by atoms with Gasteiger partial charge in [-0.05, 0) is 48.6 Å². The molecule has 1 unspecified atom stereocenters. The fraction of sp³-hybridized carbons (Fsp3) is 0.696. The third-order valence-electron chi connectivity index (χ3n) is 7.25. The maximum absolute atomic E-state index is 12.9. The number of morpholine rings is 1. The number of ether oxygens (including phenoxy) is 1. The topological polar surface area (TPSA) is 41.6 Å². The van der Waals surface area contributed by atoms with Crippen molar-refractivity contribution in [1.29, 1.82) is 0 Å². The minimum atomic E-state index is 0.223. The van der Waals surface area contributed by atoms with Gasteiger partial charge in [-0.2, -0.15) is 0 Å². The lowest BCUT2D eigenvalue weighted by molar-refractivity contribution is -0.126. The molecule has 1 amide bonds. The smallest absolute Gasteiger partial charge is 0.223 e. The molecule has 2 heterocycles. The molecule has 2 aliphatic heterocycles. The monoisotopic (exact) mass is 432 g/mol. The summed E-state index contributed by atoms with van der Waals surface area (Å²) in [5.41, 5.74) is 2.53. The Bertz CT molecular complexity index is 698. The number of nitrogens with zero attached hydrogens (tertiary/aromatic N) is 1. The predicted octanol–water partition coefficient (Wildman–Crippen LogP) is 3.75. The van der Waals surface area contributed by atoms with Crippen molar-refractivity contribution in [3.8, 4) is 0 Å². The van der Waals surface area contributed by atoms with Gasteiger partial charge in [-0.1, -0.05) is 24.3 Å². The van der Waals surface area contributed by atoms with Crippen LogP contribution in [0.3, 0.4) is 0 Å². The second kappa shape index (κ2) is 8.81. The van der Waals surface area contributed by atoms with E-state index < -0.39 is 0 Å². The van der Waals surface area contributed by atoms with Crippen LogP contribution in [0.15, 0.2) is 24.3 Å². The first-order valence-electron chi connectivity index (χ1n) is 11.2. The van der Waals surface area contributed by atoms with Crippen molar-refractivity contribution in [2.24, 2.45) is 17.8 Å². The molecule has 0 radical (unpaired) electrons. The molecule has 4 fully saturated rings. The van der Waals surface area contributed by atoms with Crippen LogP contribution < -0.4 is 5.32 Å². The van der Waals surface area contributed by atoms with Crippen LogP contribution in [0.5, 0.6) is 0 Å². The minimum Gasteiger partial charge on any atom is -0.379 e. The maximum Gasteiger partial charge on any atom is 0.223 e. The lowest BCUT2D eigenvalue weighted by Gasteiger charge is -2.42. The molecule has 4 aliphatic rings. The Labute approximate surface area is 182 Å². The van der Waals surface area contributed by atoms with Crippen molar-refractivity contribution in [2.75, 3.05) is 37.8 Å². The number of nitrogens with one attached hydrogen (secondary N) is 1. The van der Waals surface area contributed by atoms with Gasteiger partial charge in [-0.25, -0.2) is 0 Å². The fourth-order valence-corrected chi connectivity index (χ4v) is 9.67. The Hall–Kier alpha value is -0.690. The number of carbonyl (C=O) groups is 1. The van der Waals surface area contributed by atoms with E-state index in [1.807, 2.05) is 0 Å². The van der Waals surface area contributed by atoms with E-state index in [-0.39, 0.29) is 11.8 Å². The zero-order valence-electron chi connectivity index (χ0n) is 17.1. The largest absolute Gasteiger partial charge is 0.379 e. The van der Waals surface area contributed by atoms with Gasteiger partial charge >= 0.3 is 0 Å². The van der Waals surface area contributed by atoms with E-state index in [1.54, 1.807) is 0 Å². The molecule has 3 atom stereocenters. The quantitative estimate of drug-likeness (QED) is 0.768. The summed E-state index contributed by atoms with van der Waals surface area (Å²) in [7, 11) is 0. The molecular formula is C23H32N2O2S2. The van der Waals surface area contributed by atoms with Crippen LogP contribution in [0.4, 0.5) is 0 Å². The highest BCUT2D eigenvalue weighted by Gasteiger charge is 2.57. The van der Waals surface area contributed by atoms with Crippen LogP contribution >= 0.6 is 23.5 Å². The fourth-order valence-electron chi connectivity index (χ4n) is 5.73. The molecule has 5 rings (SSSR count). The SMILES string of the molecule is O=C(NCc1ccc(CN2CCOCC2)cc1)C1C[C@H]2CC[C@@H](C1)C21SCCS1. The van der Waals surface area contributed by atoms with Gasteiger partial charge in [0.2, 0.25) is 5.91 Å².